The molecule has 2 saturated heterocycles. The first-order chi connectivity index (χ1) is 13.1. The van der Waals surface area contributed by atoms with Gasteiger partial charge in [-0.3, -0.25) is 9.69 Å². The van der Waals surface area contributed by atoms with Crippen LogP contribution in [0, 0.1) is 17.8 Å². The van der Waals surface area contributed by atoms with Gasteiger partial charge in [0.2, 0.25) is 0 Å². The van der Waals surface area contributed by atoms with E-state index < -0.39 is 0 Å². The topological polar surface area (TPSA) is 50.8 Å². The smallest absolute Gasteiger partial charge is 0.310 e. The molecular formula is C22H34N2O3. The number of likely N-dealkylation sites (tertiary alicyclic amines) is 1. The molecular weight excluding hydrogens is 340 g/mol. The molecule has 0 aliphatic carbocycles. The van der Waals surface area contributed by atoms with E-state index in [9.17, 15) is 4.79 Å². The minimum absolute atomic E-state index is 0.00652. The average Bonchev–Trinajstić information content (AvgIpc) is 2.70. The molecule has 0 aromatic heterocycles. The first-order valence-corrected chi connectivity index (χ1v) is 10.4. The van der Waals surface area contributed by atoms with Gasteiger partial charge in [-0.15, -0.1) is 0 Å². The average molecular weight is 375 g/mol. The van der Waals surface area contributed by atoms with Gasteiger partial charge in [-0.25, -0.2) is 0 Å². The zero-order valence-corrected chi connectivity index (χ0v) is 16.9. The fourth-order valence-electron chi connectivity index (χ4n) is 4.88. The summed E-state index contributed by atoms with van der Waals surface area (Å²) in [5.74, 6) is 1.91. The summed E-state index contributed by atoms with van der Waals surface area (Å²) in [5.41, 5.74) is 1.26. The monoisotopic (exact) mass is 374 g/mol. The van der Waals surface area contributed by atoms with E-state index in [2.05, 4.69) is 29.3 Å². The largest absolute Gasteiger partial charge is 0.497 e. The first-order valence-electron chi connectivity index (χ1n) is 10.4. The predicted octanol–water partition coefficient (Wildman–Crippen LogP) is 3.08. The summed E-state index contributed by atoms with van der Waals surface area (Å²) in [6.45, 7) is 8.61. The number of benzene rings is 1. The maximum atomic E-state index is 12.9. The molecule has 0 amide bonds. The van der Waals surface area contributed by atoms with E-state index in [0.29, 0.717) is 18.4 Å². The Morgan fingerprint density at radius 1 is 1.19 bits per heavy atom. The molecule has 2 fully saturated rings. The van der Waals surface area contributed by atoms with Crippen LogP contribution >= 0.6 is 0 Å². The normalized spacial score (nSPS) is 27.3. The zero-order valence-electron chi connectivity index (χ0n) is 16.9. The molecule has 2 aliphatic rings. The highest BCUT2D eigenvalue weighted by Gasteiger charge is 2.44. The second-order valence-corrected chi connectivity index (χ2v) is 7.88. The Labute approximate surface area is 163 Å². The number of ether oxygens (including phenoxy) is 2. The van der Waals surface area contributed by atoms with Crippen molar-refractivity contribution in [1.82, 2.24) is 10.2 Å². The van der Waals surface area contributed by atoms with Crippen molar-refractivity contribution in [2.24, 2.45) is 17.8 Å². The molecule has 2 aliphatic heterocycles. The molecule has 1 aromatic carbocycles. The second kappa shape index (κ2) is 9.56. The van der Waals surface area contributed by atoms with Gasteiger partial charge in [0.1, 0.15) is 5.75 Å². The Morgan fingerprint density at radius 3 is 2.52 bits per heavy atom. The number of hydrogen-bond acceptors (Lipinski definition) is 5. The Bertz CT molecular complexity index is 598. The molecule has 2 heterocycles. The number of hydrogen-bond donors (Lipinski definition) is 1. The van der Waals surface area contributed by atoms with Gasteiger partial charge in [-0.05, 0) is 82.3 Å². The Balaban J connectivity index is 1.73. The lowest BCUT2D eigenvalue weighted by Gasteiger charge is -2.46. The van der Waals surface area contributed by atoms with Crippen LogP contribution in [0.5, 0.6) is 5.75 Å². The number of rotatable bonds is 6. The molecule has 150 valence electrons. The fraction of sp³-hybridized carbons (Fsp3) is 0.682. The quantitative estimate of drug-likeness (QED) is 0.776. The number of piperidine rings is 2. The lowest BCUT2D eigenvalue weighted by atomic mass is 9.70. The molecule has 1 N–H and O–H groups in total. The maximum Gasteiger partial charge on any atom is 0.310 e. The molecule has 3 rings (SSSR count). The van der Waals surface area contributed by atoms with Crippen molar-refractivity contribution in [2.75, 3.05) is 33.4 Å². The lowest BCUT2D eigenvalue weighted by molar-refractivity contribution is -0.157. The van der Waals surface area contributed by atoms with Gasteiger partial charge in [-0.2, -0.15) is 0 Å². The van der Waals surface area contributed by atoms with Crippen LogP contribution in [0.15, 0.2) is 24.3 Å². The summed E-state index contributed by atoms with van der Waals surface area (Å²) >= 11 is 0. The molecule has 0 spiro atoms. The number of methoxy groups -OCH3 is 1. The number of nitrogens with one attached hydrogen (secondary N) is 1. The van der Waals surface area contributed by atoms with Crippen LogP contribution in [-0.4, -0.2) is 50.3 Å². The van der Waals surface area contributed by atoms with Gasteiger partial charge in [0, 0.05) is 12.6 Å². The van der Waals surface area contributed by atoms with Crippen molar-refractivity contribution in [2.45, 2.75) is 45.7 Å². The third-order valence-corrected chi connectivity index (χ3v) is 6.40. The minimum atomic E-state index is -0.0277. The zero-order chi connectivity index (χ0) is 19.2. The number of nitrogens with zero attached hydrogens (tertiary/aromatic N) is 1. The summed E-state index contributed by atoms with van der Waals surface area (Å²) in [4.78, 5) is 15.3. The van der Waals surface area contributed by atoms with E-state index in [-0.39, 0.29) is 17.9 Å². The highest BCUT2D eigenvalue weighted by Crippen LogP contribution is 2.39. The summed E-state index contributed by atoms with van der Waals surface area (Å²) in [6.07, 6.45) is 3.42. The van der Waals surface area contributed by atoms with Crippen LogP contribution in [-0.2, 0) is 16.1 Å². The van der Waals surface area contributed by atoms with Crippen molar-refractivity contribution < 1.29 is 14.3 Å². The Hall–Kier alpha value is -1.59. The molecule has 27 heavy (non-hydrogen) atoms. The third kappa shape index (κ3) is 4.82. The Morgan fingerprint density at radius 2 is 1.89 bits per heavy atom. The standard InChI is InChI=1S/C22H34N2O3/c1-4-27-22(25)21-16(2)24(15-17-5-7-19(26-3)8-6-17)14-11-20(21)18-9-12-23-13-10-18/h5-8,16,18,20-21,23H,4,9-15H2,1-3H3/t16-,20+,21+/m1/s1. The van der Waals surface area contributed by atoms with Crippen LogP contribution in [0.1, 0.15) is 38.7 Å². The molecule has 5 heteroatoms. The number of carbonyl (C=O) groups excluding carboxylic acids is 1. The third-order valence-electron chi connectivity index (χ3n) is 6.40. The van der Waals surface area contributed by atoms with E-state index in [1.165, 1.54) is 18.4 Å². The van der Waals surface area contributed by atoms with Crippen LogP contribution in [0.3, 0.4) is 0 Å². The van der Waals surface area contributed by atoms with Crippen LogP contribution in [0.4, 0.5) is 0 Å². The highest BCUT2D eigenvalue weighted by molar-refractivity contribution is 5.74. The van der Waals surface area contributed by atoms with Gasteiger partial charge < -0.3 is 14.8 Å². The van der Waals surface area contributed by atoms with Crippen LogP contribution in [0.25, 0.3) is 0 Å². The van der Waals surface area contributed by atoms with Gasteiger partial charge in [-0.1, -0.05) is 12.1 Å². The molecule has 3 atom stereocenters. The Kier molecular flexibility index (Phi) is 7.13. The van der Waals surface area contributed by atoms with E-state index in [1.54, 1.807) is 7.11 Å². The van der Waals surface area contributed by atoms with Gasteiger partial charge >= 0.3 is 5.97 Å². The molecule has 0 radical (unpaired) electrons. The lowest BCUT2D eigenvalue weighted by Crippen LogP contribution is -2.53. The minimum Gasteiger partial charge on any atom is -0.497 e. The fourth-order valence-corrected chi connectivity index (χ4v) is 4.88. The van der Waals surface area contributed by atoms with Gasteiger partial charge in [0.25, 0.3) is 0 Å². The molecule has 0 bridgehead atoms. The van der Waals surface area contributed by atoms with Crippen molar-refractivity contribution in [3.05, 3.63) is 29.8 Å². The van der Waals surface area contributed by atoms with E-state index in [1.807, 2.05) is 19.1 Å². The second-order valence-electron chi connectivity index (χ2n) is 7.88. The van der Waals surface area contributed by atoms with Gasteiger partial charge in [0.15, 0.2) is 0 Å². The molecule has 1 aromatic rings. The summed E-state index contributed by atoms with van der Waals surface area (Å²) in [7, 11) is 1.69. The van der Waals surface area contributed by atoms with E-state index in [4.69, 9.17) is 9.47 Å². The van der Waals surface area contributed by atoms with Crippen molar-refractivity contribution in [1.29, 1.82) is 0 Å². The molecule has 0 saturated carbocycles. The number of esters is 1. The van der Waals surface area contributed by atoms with Crippen molar-refractivity contribution in [3.8, 4) is 5.75 Å². The number of carbonyl (C=O) groups is 1. The SMILES string of the molecule is CCOC(=O)[C@H]1[C@@H](C)N(Cc2ccc(OC)cc2)CC[C@H]1C1CCNCC1. The van der Waals surface area contributed by atoms with E-state index in [0.717, 1.165) is 38.3 Å². The molecule has 0 unspecified atom stereocenters. The van der Waals surface area contributed by atoms with Gasteiger partial charge in [0.05, 0.1) is 19.6 Å². The van der Waals surface area contributed by atoms with Crippen molar-refractivity contribution in [3.63, 3.8) is 0 Å². The van der Waals surface area contributed by atoms with Crippen LogP contribution in [0.2, 0.25) is 0 Å². The van der Waals surface area contributed by atoms with E-state index >= 15 is 0 Å². The summed E-state index contributed by atoms with van der Waals surface area (Å²) in [5, 5.41) is 3.45. The summed E-state index contributed by atoms with van der Waals surface area (Å²) in [6, 6.07) is 8.43. The van der Waals surface area contributed by atoms with Crippen LogP contribution < -0.4 is 10.1 Å². The maximum absolute atomic E-state index is 12.9. The summed E-state index contributed by atoms with van der Waals surface area (Å²) < 4.78 is 10.8. The first kappa shape index (κ1) is 20.2. The molecule has 5 nitrogen and oxygen atoms in total. The highest BCUT2D eigenvalue weighted by atomic mass is 16.5. The van der Waals surface area contributed by atoms with Crippen molar-refractivity contribution >= 4 is 5.97 Å². The predicted molar refractivity (Wildman–Crippen MR) is 107 cm³/mol.